The van der Waals surface area contributed by atoms with Crippen molar-refractivity contribution in [3.05, 3.63) is 6.33 Å². The largest absolute Gasteiger partial charge is 0.479 e. The molecule has 0 aliphatic carbocycles. The van der Waals surface area contributed by atoms with Crippen molar-refractivity contribution in [2.24, 2.45) is 0 Å². The van der Waals surface area contributed by atoms with E-state index < -0.39 is 18.5 Å². The number of aromatic nitrogens is 4. The SMILES string of the molecule is COc1nc(N)nc2c1ncn2[C@@H]1O[C@H](CO)C[C@H]1F. The monoisotopic (exact) mass is 283 g/mol. The van der Waals surface area contributed by atoms with Gasteiger partial charge in [-0.1, -0.05) is 0 Å². The lowest BCUT2D eigenvalue weighted by Crippen LogP contribution is -2.17. The van der Waals surface area contributed by atoms with Crippen LogP contribution in [0.1, 0.15) is 12.6 Å². The number of fused-ring (bicyclic) bond motifs is 1. The van der Waals surface area contributed by atoms with Crippen molar-refractivity contribution in [1.29, 1.82) is 0 Å². The molecule has 1 fully saturated rings. The minimum atomic E-state index is -1.26. The van der Waals surface area contributed by atoms with Crippen molar-refractivity contribution >= 4 is 17.1 Å². The second-order valence-electron chi connectivity index (χ2n) is 4.50. The standard InChI is InChI=1S/C11H14FN5O3/c1-19-9-7-8(15-11(13)16-9)17(4-14-7)10-6(12)2-5(3-18)20-10/h4-6,10,18H,2-3H2,1H3,(H2,13,15,16)/t5-,6+,10+/m0/s1. The van der Waals surface area contributed by atoms with Gasteiger partial charge in [0.05, 0.1) is 26.1 Å². The average Bonchev–Trinajstić information content (AvgIpc) is 3.00. The predicted molar refractivity (Wildman–Crippen MR) is 66.8 cm³/mol. The molecule has 0 amide bonds. The Morgan fingerprint density at radius 2 is 2.40 bits per heavy atom. The number of alkyl halides is 1. The van der Waals surface area contributed by atoms with Crippen LogP contribution >= 0.6 is 0 Å². The number of methoxy groups -OCH3 is 1. The molecule has 8 nitrogen and oxygen atoms in total. The number of rotatable bonds is 3. The zero-order chi connectivity index (χ0) is 14.3. The molecule has 3 atom stereocenters. The van der Waals surface area contributed by atoms with Gasteiger partial charge in [0.25, 0.3) is 0 Å². The van der Waals surface area contributed by atoms with Crippen LogP contribution in [-0.2, 0) is 4.74 Å². The lowest BCUT2D eigenvalue weighted by atomic mass is 10.2. The first-order valence-electron chi connectivity index (χ1n) is 6.08. The molecule has 9 heteroatoms. The second-order valence-corrected chi connectivity index (χ2v) is 4.50. The van der Waals surface area contributed by atoms with E-state index in [2.05, 4.69) is 15.0 Å². The summed E-state index contributed by atoms with van der Waals surface area (Å²) in [4.78, 5) is 12.1. The zero-order valence-electron chi connectivity index (χ0n) is 10.7. The van der Waals surface area contributed by atoms with E-state index in [1.54, 1.807) is 0 Å². The molecule has 1 aliphatic heterocycles. The maximum atomic E-state index is 14.0. The number of nitrogens with two attached hydrogens (primary N) is 1. The Kier molecular flexibility index (Phi) is 3.14. The van der Waals surface area contributed by atoms with Gasteiger partial charge in [-0.3, -0.25) is 4.57 Å². The molecule has 0 bridgehead atoms. The number of ether oxygens (including phenoxy) is 2. The minimum Gasteiger partial charge on any atom is -0.479 e. The van der Waals surface area contributed by atoms with Crippen molar-refractivity contribution in [1.82, 2.24) is 19.5 Å². The third-order valence-electron chi connectivity index (χ3n) is 3.21. The number of aliphatic hydroxyl groups excluding tert-OH is 1. The molecule has 0 aromatic carbocycles. The fraction of sp³-hybridized carbons (Fsp3) is 0.545. The third-order valence-corrected chi connectivity index (χ3v) is 3.21. The summed E-state index contributed by atoms with van der Waals surface area (Å²) in [6.45, 7) is -0.232. The smallest absolute Gasteiger partial charge is 0.246 e. The van der Waals surface area contributed by atoms with E-state index >= 15 is 0 Å². The van der Waals surface area contributed by atoms with E-state index in [4.69, 9.17) is 20.3 Å². The molecule has 1 saturated heterocycles. The molecule has 1 aliphatic rings. The molecule has 0 unspecified atom stereocenters. The molecular formula is C11H14FN5O3. The number of nitrogen functional groups attached to an aromatic ring is 1. The van der Waals surface area contributed by atoms with Crippen LogP contribution in [0.2, 0.25) is 0 Å². The summed E-state index contributed by atoms with van der Waals surface area (Å²) in [7, 11) is 1.44. The van der Waals surface area contributed by atoms with E-state index in [1.807, 2.05) is 0 Å². The van der Waals surface area contributed by atoms with Gasteiger partial charge >= 0.3 is 0 Å². The first kappa shape index (κ1) is 13.0. The third kappa shape index (κ3) is 1.95. The number of imidazole rings is 1. The number of aliphatic hydroxyl groups is 1. The predicted octanol–water partition coefficient (Wildman–Crippen LogP) is 0.0350. The van der Waals surface area contributed by atoms with E-state index in [0.717, 1.165) is 0 Å². The fourth-order valence-electron chi connectivity index (χ4n) is 2.30. The fourth-order valence-corrected chi connectivity index (χ4v) is 2.30. The summed E-state index contributed by atoms with van der Waals surface area (Å²) in [5.41, 5.74) is 6.31. The first-order chi connectivity index (χ1) is 9.63. The van der Waals surface area contributed by atoms with Crippen molar-refractivity contribution in [2.75, 3.05) is 19.5 Å². The van der Waals surface area contributed by atoms with Crippen LogP contribution in [0.3, 0.4) is 0 Å². The molecule has 2 aromatic rings. The molecule has 3 heterocycles. The molecule has 3 rings (SSSR count). The first-order valence-corrected chi connectivity index (χ1v) is 6.08. The lowest BCUT2D eigenvalue weighted by molar-refractivity contribution is -0.0351. The highest BCUT2D eigenvalue weighted by atomic mass is 19.1. The van der Waals surface area contributed by atoms with Gasteiger partial charge in [0, 0.05) is 6.42 Å². The Labute approximate surface area is 113 Å². The van der Waals surface area contributed by atoms with Gasteiger partial charge in [0.15, 0.2) is 17.4 Å². The van der Waals surface area contributed by atoms with Crippen LogP contribution in [0.25, 0.3) is 11.2 Å². The van der Waals surface area contributed by atoms with Crippen LogP contribution in [0.5, 0.6) is 5.88 Å². The van der Waals surface area contributed by atoms with Crippen LogP contribution in [0.4, 0.5) is 10.3 Å². The van der Waals surface area contributed by atoms with Gasteiger partial charge in [-0.2, -0.15) is 9.97 Å². The maximum Gasteiger partial charge on any atom is 0.246 e. The Hall–Kier alpha value is -2.00. The van der Waals surface area contributed by atoms with Gasteiger partial charge in [-0.15, -0.1) is 0 Å². The Bertz CT molecular complexity index is 634. The van der Waals surface area contributed by atoms with Crippen LogP contribution in [-0.4, -0.2) is 50.6 Å². The maximum absolute atomic E-state index is 14.0. The van der Waals surface area contributed by atoms with Gasteiger partial charge in [0.2, 0.25) is 11.8 Å². The van der Waals surface area contributed by atoms with Crippen molar-refractivity contribution in [2.45, 2.75) is 24.9 Å². The number of halogens is 1. The van der Waals surface area contributed by atoms with Crippen LogP contribution in [0, 0.1) is 0 Å². The number of nitrogens with zero attached hydrogens (tertiary/aromatic N) is 4. The topological polar surface area (TPSA) is 108 Å². The second kappa shape index (κ2) is 4.84. The Balaban J connectivity index is 2.07. The van der Waals surface area contributed by atoms with Crippen molar-refractivity contribution < 1.29 is 19.0 Å². The zero-order valence-corrected chi connectivity index (χ0v) is 10.7. The Morgan fingerprint density at radius 1 is 1.60 bits per heavy atom. The molecule has 0 radical (unpaired) electrons. The summed E-state index contributed by atoms with van der Waals surface area (Å²) in [5, 5.41) is 9.06. The highest BCUT2D eigenvalue weighted by molar-refractivity contribution is 5.77. The molecule has 0 spiro atoms. The van der Waals surface area contributed by atoms with Crippen LogP contribution in [0.15, 0.2) is 6.33 Å². The molecule has 20 heavy (non-hydrogen) atoms. The summed E-state index contributed by atoms with van der Waals surface area (Å²) < 4.78 is 26.0. The molecule has 108 valence electrons. The average molecular weight is 283 g/mol. The molecule has 2 aromatic heterocycles. The highest BCUT2D eigenvalue weighted by Gasteiger charge is 2.37. The van der Waals surface area contributed by atoms with Gasteiger partial charge in [-0.05, 0) is 0 Å². The summed E-state index contributed by atoms with van der Waals surface area (Å²) in [6.07, 6.45) is -1.16. The highest BCUT2D eigenvalue weighted by Crippen LogP contribution is 2.34. The van der Waals surface area contributed by atoms with Gasteiger partial charge < -0.3 is 20.3 Å². The summed E-state index contributed by atoms with van der Waals surface area (Å²) in [6, 6.07) is 0. The molecular weight excluding hydrogens is 269 g/mol. The lowest BCUT2D eigenvalue weighted by Gasteiger charge is -2.15. The summed E-state index contributed by atoms with van der Waals surface area (Å²) in [5.74, 6) is 0.224. The normalized spacial score (nSPS) is 26.2. The molecule has 0 saturated carbocycles. The minimum absolute atomic E-state index is 0.00298. The number of anilines is 1. The van der Waals surface area contributed by atoms with Crippen LogP contribution < -0.4 is 10.5 Å². The van der Waals surface area contributed by atoms with E-state index in [9.17, 15) is 4.39 Å². The van der Waals surface area contributed by atoms with Gasteiger partial charge in [0.1, 0.15) is 6.17 Å². The van der Waals surface area contributed by atoms with E-state index in [-0.39, 0.29) is 24.9 Å². The number of hydrogen-bond donors (Lipinski definition) is 2. The summed E-state index contributed by atoms with van der Waals surface area (Å²) >= 11 is 0. The van der Waals surface area contributed by atoms with Crippen molar-refractivity contribution in [3.63, 3.8) is 0 Å². The van der Waals surface area contributed by atoms with E-state index in [0.29, 0.717) is 11.2 Å². The Morgan fingerprint density at radius 3 is 3.05 bits per heavy atom. The quantitative estimate of drug-likeness (QED) is 0.818. The number of hydrogen-bond acceptors (Lipinski definition) is 7. The van der Waals surface area contributed by atoms with Crippen molar-refractivity contribution in [3.8, 4) is 5.88 Å². The molecule has 3 N–H and O–H groups in total. The van der Waals surface area contributed by atoms with Gasteiger partial charge in [-0.25, -0.2) is 9.37 Å². The van der Waals surface area contributed by atoms with E-state index in [1.165, 1.54) is 18.0 Å².